The summed E-state index contributed by atoms with van der Waals surface area (Å²) in [6.45, 7) is 0.0901. The zero-order valence-electron chi connectivity index (χ0n) is 15.0. The van der Waals surface area contributed by atoms with Gasteiger partial charge in [0.25, 0.3) is 0 Å². The van der Waals surface area contributed by atoms with Gasteiger partial charge in [0.2, 0.25) is 5.91 Å². The number of alkyl halides is 3. The zero-order valence-corrected chi connectivity index (χ0v) is 15.0. The topological polar surface area (TPSA) is 29.1 Å². The molecule has 0 radical (unpaired) electrons. The smallest absolute Gasteiger partial charge is 0.345 e. The highest BCUT2D eigenvalue weighted by atomic mass is 19.4. The largest absolute Gasteiger partial charge is 0.416 e. The molecule has 0 spiro atoms. The van der Waals surface area contributed by atoms with E-state index in [1.807, 2.05) is 36.4 Å². The van der Waals surface area contributed by atoms with Crippen LogP contribution in [0.4, 0.5) is 13.2 Å². The molecule has 0 bridgehead atoms. The molecule has 0 aliphatic carbocycles. The Morgan fingerprint density at radius 1 is 0.929 bits per heavy atom. The summed E-state index contributed by atoms with van der Waals surface area (Å²) in [5.74, 6) is 5.18. The Kier molecular flexibility index (Phi) is 6.00. The molecule has 0 aliphatic rings. The van der Waals surface area contributed by atoms with Crippen molar-refractivity contribution >= 4 is 16.7 Å². The minimum atomic E-state index is -4.39. The molecule has 3 aromatic rings. The van der Waals surface area contributed by atoms with Crippen molar-refractivity contribution in [1.82, 2.24) is 5.32 Å². The SMILES string of the molecule is O=C(CCc1ccc2ccccc2c1)NCC#Cc1cccc(C(F)(F)F)c1. The first-order valence-corrected chi connectivity index (χ1v) is 8.82. The van der Waals surface area contributed by atoms with Crippen molar-refractivity contribution in [3.8, 4) is 11.8 Å². The van der Waals surface area contributed by atoms with Gasteiger partial charge in [0.15, 0.2) is 0 Å². The summed E-state index contributed by atoms with van der Waals surface area (Å²) in [7, 11) is 0. The van der Waals surface area contributed by atoms with Crippen LogP contribution in [0.1, 0.15) is 23.1 Å². The normalized spacial score (nSPS) is 11.0. The third kappa shape index (κ3) is 5.37. The predicted octanol–water partition coefficient (Wildman–Crippen LogP) is 4.96. The van der Waals surface area contributed by atoms with Gasteiger partial charge in [0, 0.05) is 12.0 Å². The molecule has 5 heteroatoms. The second-order valence-electron chi connectivity index (χ2n) is 6.34. The van der Waals surface area contributed by atoms with Crippen molar-refractivity contribution in [3.05, 3.63) is 83.4 Å². The van der Waals surface area contributed by atoms with Gasteiger partial charge in [-0.1, -0.05) is 60.4 Å². The number of rotatable bonds is 4. The predicted molar refractivity (Wildman–Crippen MR) is 104 cm³/mol. The number of halogens is 3. The van der Waals surface area contributed by atoms with E-state index in [0.717, 1.165) is 28.5 Å². The van der Waals surface area contributed by atoms with Gasteiger partial charge in [-0.15, -0.1) is 0 Å². The van der Waals surface area contributed by atoms with E-state index in [-0.39, 0.29) is 18.0 Å². The van der Waals surface area contributed by atoms with E-state index >= 15 is 0 Å². The second kappa shape index (κ2) is 8.62. The summed E-state index contributed by atoms with van der Waals surface area (Å²) in [5, 5.41) is 4.96. The number of carbonyl (C=O) groups excluding carboxylic acids is 1. The summed E-state index contributed by atoms with van der Waals surface area (Å²) in [6, 6.07) is 18.9. The van der Waals surface area contributed by atoms with Crippen molar-refractivity contribution in [2.45, 2.75) is 19.0 Å². The van der Waals surface area contributed by atoms with E-state index in [1.165, 1.54) is 12.1 Å². The third-order valence-electron chi connectivity index (χ3n) is 4.25. The lowest BCUT2D eigenvalue weighted by Gasteiger charge is -2.06. The maximum atomic E-state index is 12.7. The number of aryl methyl sites for hydroxylation is 1. The first-order valence-electron chi connectivity index (χ1n) is 8.82. The lowest BCUT2D eigenvalue weighted by molar-refractivity contribution is -0.137. The van der Waals surface area contributed by atoms with E-state index in [9.17, 15) is 18.0 Å². The van der Waals surface area contributed by atoms with Gasteiger partial charge >= 0.3 is 6.18 Å². The van der Waals surface area contributed by atoms with Crippen molar-refractivity contribution in [2.75, 3.05) is 6.54 Å². The highest BCUT2D eigenvalue weighted by Gasteiger charge is 2.30. The molecule has 0 aliphatic heterocycles. The molecule has 0 unspecified atom stereocenters. The summed E-state index contributed by atoms with van der Waals surface area (Å²) in [4.78, 5) is 11.9. The Hall–Kier alpha value is -3.26. The monoisotopic (exact) mass is 381 g/mol. The third-order valence-corrected chi connectivity index (χ3v) is 4.25. The molecule has 0 atom stereocenters. The summed E-state index contributed by atoms with van der Waals surface area (Å²) in [6.07, 6.45) is -3.46. The van der Waals surface area contributed by atoms with Gasteiger partial charge in [-0.05, 0) is 41.0 Å². The van der Waals surface area contributed by atoms with Gasteiger partial charge in [0.05, 0.1) is 12.1 Å². The van der Waals surface area contributed by atoms with E-state index in [0.29, 0.717) is 12.8 Å². The fraction of sp³-hybridized carbons (Fsp3) is 0.174. The number of benzene rings is 3. The van der Waals surface area contributed by atoms with Crippen LogP contribution in [0.3, 0.4) is 0 Å². The van der Waals surface area contributed by atoms with Gasteiger partial charge in [-0.2, -0.15) is 13.2 Å². The van der Waals surface area contributed by atoms with Crippen LogP contribution in [0.15, 0.2) is 66.7 Å². The minimum absolute atomic E-state index is 0.0901. The fourth-order valence-electron chi connectivity index (χ4n) is 2.80. The maximum absolute atomic E-state index is 12.7. The van der Waals surface area contributed by atoms with Crippen LogP contribution in [0.5, 0.6) is 0 Å². The van der Waals surface area contributed by atoms with Gasteiger partial charge in [0.1, 0.15) is 0 Å². The van der Waals surface area contributed by atoms with Gasteiger partial charge in [-0.3, -0.25) is 4.79 Å². The summed E-state index contributed by atoms with van der Waals surface area (Å²) >= 11 is 0. The van der Waals surface area contributed by atoms with E-state index in [2.05, 4.69) is 23.2 Å². The van der Waals surface area contributed by atoms with E-state index in [1.54, 1.807) is 0 Å². The lowest BCUT2D eigenvalue weighted by Crippen LogP contribution is -2.23. The number of fused-ring (bicyclic) bond motifs is 1. The van der Waals surface area contributed by atoms with Crippen LogP contribution in [-0.2, 0) is 17.4 Å². The van der Waals surface area contributed by atoms with E-state index < -0.39 is 11.7 Å². The molecular formula is C23H18F3NO. The Bertz CT molecular complexity index is 1040. The van der Waals surface area contributed by atoms with Crippen LogP contribution in [0, 0.1) is 11.8 Å². The Labute approximate surface area is 161 Å². The number of amides is 1. The number of carbonyl (C=O) groups is 1. The van der Waals surface area contributed by atoms with Gasteiger partial charge in [-0.25, -0.2) is 0 Å². The second-order valence-corrected chi connectivity index (χ2v) is 6.34. The molecule has 1 N–H and O–H groups in total. The quantitative estimate of drug-likeness (QED) is 0.636. The van der Waals surface area contributed by atoms with Gasteiger partial charge < -0.3 is 5.32 Å². The minimum Gasteiger partial charge on any atom is -0.345 e. The van der Waals surface area contributed by atoms with Crippen LogP contribution < -0.4 is 5.32 Å². The summed E-state index contributed by atoms with van der Waals surface area (Å²) in [5.41, 5.74) is 0.600. The maximum Gasteiger partial charge on any atom is 0.416 e. The van der Waals surface area contributed by atoms with Crippen molar-refractivity contribution < 1.29 is 18.0 Å². The number of hydrogen-bond acceptors (Lipinski definition) is 1. The lowest BCUT2D eigenvalue weighted by atomic mass is 10.0. The molecule has 1 amide bonds. The average molecular weight is 381 g/mol. The molecule has 28 heavy (non-hydrogen) atoms. The average Bonchev–Trinajstić information content (AvgIpc) is 2.69. The first-order chi connectivity index (χ1) is 13.4. The molecule has 142 valence electrons. The Morgan fingerprint density at radius 2 is 1.71 bits per heavy atom. The molecule has 2 nitrogen and oxygen atoms in total. The Balaban J connectivity index is 1.49. The number of nitrogens with one attached hydrogen (secondary N) is 1. The van der Waals surface area contributed by atoms with Crippen LogP contribution in [-0.4, -0.2) is 12.5 Å². The van der Waals surface area contributed by atoms with Crippen LogP contribution in [0.2, 0.25) is 0 Å². The zero-order chi connectivity index (χ0) is 20.0. The molecule has 3 aromatic carbocycles. The van der Waals surface area contributed by atoms with Crippen LogP contribution >= 0.6 is 0 Å². The first kappa shape index (κ1) is 19.5. The standard InChI is InChI=1S/C23H18F3NO/c24-23(25,26)21-9-3-5-17(16-21)6-4-14-27-22(28)13-11-18-10-12-19-7-1-2-8-20(19)15-18/h1-3,5,7-10,12,15-16H,11,13-14H2,(H,27,28). The molecule has 0 heterocycles. The van der Waals surface area contributed by atoms with Crippen molar-refractivity contribution in [2.24, 2.45) is 0 Å². The van der Waals surface area contributed by atoms with Crippen molar-refractivity contribution in [1.29, 1.82) is 0 Å². The van der Waals surface area contributed by atoms with Crippen molar-refractivity contribution in [3.63, 3.8) is 0 Å². The molecule has 0 saturated carbocycles. The number of hydrogen-bond donors (Lipinski definition) is 1. The fourth-order valence-corrected chi connectivity index (χ4v) is 2.80. The molecule has 0 fully saturated rings. The summed E-state index contributed by atoms with van der Waals surface area (Å²) < 4.78 is 38.0. The highest BCUT2D eigenvalue weighted by Crippen LogP contribution is 2.29. The molecule has 3 rings (SSSR count). The highest BCUT2D eigenvalue weighted by molar-refractivity contribution is 5.83. The Morgan fingerprint density at radius 3 is 2.50 bits per heavy atom. The molecule has 0 saturated heterocycles. The molecule has 0 aromatic heterocycles. The van der Waals surface area contributed by atoms with Crippen LogP contribution in [0.25, 0.3) is 10.8 Å². The molecular weight excluding hydrogens is 363 g/mol. The van der Waals surface area contributed by atoms with E-state index in [4.69, 9.17) is 0 Å².